The Morgan fingerprint density at radius 2 is 2.08 bits per heavy atom. The topological polar surface area (TPSA) is 65.5 Å². The van der Waals surface area contributed by atoms with Crippen molar-refractivity contribution in [2.24, 2.45) is 11.8 Å². The second kappa shape index (κ2) is 4.77. The lowest BCUT2D eigenvalue weighted by molar-refractivity contribution is -0.953. The molecule has 74 valence electrons. The SMILES string of the molecule is CC[C@@H](C)C(C)(CC)[NH+]([O-])NN. The van der Waals surface area contributed by atoms with E-state index in [4.69, 9.17) is 5.84 Å². The van der Waals surface area contributed by atoms with Gasteiger partial charge in [0, 0.05) is 12.3 Å². The third-order valence-corrected chi connectivity index (χ3v) is 3.08. The zero-order valence-electron chi connectivity index (χ0n) is 8.48. The number of nitrogens with two attached hydrogens (primary N) is 1. The van der Waals surface area contributed by atoms with E-state index in [0.717, 1.165) is 12.8 Å². The molecule has 0 aromatic rings. The number of nitrogens with one attached hydrogen (secondary N) is 2. The first-order valence-corrected chi connectivity index (χ1v) is 4.53. The van der Waals surface area contributed by atoms with Crippen molar-refractivity contribution < 1.29 is 5.17 Å². The average Bonchev–Trinajstić information content (AvgIpc) is 2.13. The van der Waals surface area contributed by atoms with Gasteiger partial charge in [-0.15, -0.1) is 5.53 Å². The Labute approximate surface area is 74.6 Å². The maximum Gasteiger partial charge on any atom is 0.115 e. The monoisotopic (exact) mass is 175 g/mol. The molecule has 0 amide bonds. The number of hydrogen-bond donors (Lipinski definition) is 3. The van der Waals surface area contributed by atoms with Gasteiger partial charge in [-0.05, 0) is 13.3 Å². The number of rotatable bonds is 5. The molecule has 4 nitrogen and oxygen atoms in total. The van der Waals surface area contributed by atoms with E-state index in [0.29, 0.717) is 5.92 Å². The van der Waals surface area contributed by atoms with Gasteiger partial charge in [0.1, 0.15) is 5.54 Å². The van der Waals surface area contributed by atoms with Crippen LogP contribution in [-0.2, 0) is 0 Å². The Hall–Kier alpha value is -0.160. The molecule has 0 aliphatic rings. The van der Waals surface area contributed by atoms with Gasteiger partial charge in [-0.2, -0.15) is 0 Å². The summed E-state index contributed by atoms with van der Waals surface area (Å²) < 4.78 is 0. The number of quaternary nitrogens is 1. The van der Waals surface area contributed by atoms with E-state index in [2.05, 4.69) is 19.4 Å². The minimum atomic E-state index is -0.316. The summed E-state index contributed by atoms with van der Waals surface area (Å²) >= 11 is 0. The summed E-state index contributed by atoms with van der Waals surface area (Å²) in [5.41, 5.74) is 1.92. The highest BCUT2D eigenvalue weighted by molar-refractivity contribution is 4.76. The van der Waals surface area contributed by atoms with Crippen LogP contribution in [0.4, 0.5) is 0 Å². The highest BCUT2D eigenvalue weighted by Gasteiger charge is 2.34. The van der Waals surface area contributed by atoms with E-state index in [1.54, 1.807) is 0 Å². The Balaban J connectivity index is 4.42. The fourth-order valence-electron chi connectivity index (χ4n) is 1.35. The first-order valence-electron chi connectivity index (χ1n) is 4.53. The number of hydrogen-bond acceptors (Lipinski definition) is 3. The lowest BCUT2D eigenvalue weighted by Crippen LogP contribution is -3.23. The van der Waals surface area contributed by atoms with E-state index in [1.165, 1.54) is 0 Å². The first-order chi connectivity index (χ1) is 5.52. The number of hydroxylamine groups is 1. The molecule has 0 heterocycles. The summed E-state index contributed by atoms with van der Waals surface area (Å²) in [4.78, 5) is 0. The predicted molar refractivity (Wildman–Crippen MR) is 49.8 cm³/mol. The van der Waals surface area contributed by atoms with Gasteiger partial charge in [0.05, 0.1) is 0 Å². The second-order valence-electron chi connectivity index (χ2n) is 3.55. The largest absolute Gasteiger partial charge is 0.612 e. The van der Waals surface area contributed by atoms with E-state index in [-0.39, 0.29) is 10.7 Å². The average molecular weight is 175 g/mol. The van der Waals surface area contributed by atoms with Crippen LogP contribution in [0.15, 0.2) is 0 Å². The maximum atomic E-state index is 11.4. The van der Waals surface area contributed by atoms with Crippen molar-refractivity contribution in [1.82, 2.24) is 5.53 Å². The minimum Gasteiger partial charge on any atom is -0.612 e. The molecule has 4 heteroatoms. The molecule has 12 heavy (non-hydrogen) atoms. The molecule has 0 rings (SSSR count). The lowest BCUT2D eigenvalue weighted by Gasteiger charge is -2.42. The van der Waals surface area contributed by atoms with Crippen molar-refractivity contribution in [3.05, 3.63) is 5.21 Å². The Morgan fingerprint density at radius 1 is 1.58 bits per heavy atom. The molecule has 0 saturated carbocycles. The van der Waals surface area contributed by atoms with Crippen molar-refractivity contribution in [2.45, 2.75) is 46.1 Å². The molecule has 0 aliphatic carbocycles. The normalized spacial score (nSPS) is 21.5. The predicted octanol–water partition coefficient (Wildman–Crippen LogP) is -0.0378. The van der Waals surface area contributed by atoms with E-state index < -0.39 is 0 Å². The van der Waals surface area contributed by atoms with Gasteiger partial charge in [0.25, 0.3) is 0 Å². The molecule has 2 unspecified atom stereocenters. The summed E-state index contributed by atoms with van der Waals surface area (Å²) in [7, 11) is 0. The molecular weight excluding hydrogens is 154 g/mol. The van der Waals surface area contributed by atoms with Crippen molar-refractivity contribution in [3.8, 4) is 0 Å². The summed E-state index contributed by atoms with van der Waals surface area (Å²) in [5.74, 6) is 5.49. The summed E-state index contributed by atoms with van der Waals surface area (Å²) in [6.45, 7) is 8.14. The molecule has 0 aliphatic heterocycles. The van der Waals surface area contributed by atoms with Crippen molar-refractivity contribution in [3.63, 3.8) is 0 Å². The molecular formula is C8H21N3O. The van der Waals surface area contributed by atoms with E-state index >= 15 is 0 Å². The van der Waals surface area contributed by atoms with Crippen LogP contribution in [0.2, 0.25) is 0 Å². The Kier molecular flexibility index (Phi) is 4.70. The zero-order chi connectivity index (χ0) is 9.78. The number of hydrazine groups is 1. The van der Waals surface area contributed by atoms with Crippen LogP contribution in [0, 0.1) is 11.1 Å². The van der Waals surface area contributed by atoms with Gasteiger partial charge in [0.15, 0.2) is 0 Å². The van der Waals surface area contributed by atoms with Gasteiger partial charge in [-0.3, -0.25) is 5.17 Å². The van der Waals surface area contributed by atoms with Gasteiger partial charge in [-0.25, -0.2) is 5.84 Å². The van der Waals surface area contributed by atoms with Crippen molar-refractivity contribution >= 4 is 0 Å². The van der Waals surface area contributed by atoms with E-state index in [1.807, 2.05) is 13.8 Å². The van der Waals surface area contributed by atoms with Crippen LogP contribution in [0.25, 0.3) is 0 Å². The molecule has 0 spiro atoms. The molecule has 0 aromatic heterocycles. The van der Waals surface area contributed by atoms with Crippen LogP contribution in [0.3, 0.4) is 0 Å². The third kappa shape index (κ3) is 2.17. The summed E-state index contributed by atoms with van der Waals surface area (Å²) in [6.07, 6.45) is 1.82. The van der Waals surface area contributed by atoms with Crippen LogP contribution in [-0.4, -0.2) is 5.54 Å². The minimum absolute atomic E-state index is 0.0562. The molecule has 0 saturated heterocycles. The molecule has 0 aromatic carbocycles. The summed E-state index contributed by atoms with van der Waals surface area (Å²) in [5, 5.41) is 11.4. The first kappa shape index (κ1) is 11.8. The van der Waals surface area contributed by atoms with Crippen LogP contribution in [0.1, 0.15) is 40.5 Å². The molecule has 3 atom stereocenters. The smallest absolute Gasteiger partial charge is 0.115 e. The van der Waals surface area contributed by atoms with Gasteiger partial charge in [0.2, 0.25) is 0 Å². The van der Waals surface area contributed by atoms with E-state index in [9.17, 15) is 5.21 Å². The maximum absolute atomic E-state index is 11.4. The lowest BCUT2D eigenvalue weighted by atomic mass is 9.83. The fraction of sp³-hybridized carbons (Fsp3) is 1.00. The van der Waals surface area contributed by atoms with Crippen LogP contribution >= 0.6 is 0 Å². The second-order valence-corrected chi connectivity index (χ2v) is 3.55. The van der Waals surface area contributed by atoms with Gasteiger partial charge >= 0.3 is 0 Å². The van der Waals surface area contributed by atoms with Gasteiger partial charge < -0.3 is 5.21 Å². The quantitative estimate of drug-likeness (QED) is 0.406. The Bertz CT molecular complexity index is 119. The van der Waals surface area contributed by atoms with Crippen molar-refractivity contribution in [2.75, 3.05) is 0 Å². The molecule has 0 bridgehead atoms. The standard InChI is InChI=1S/C8H21N3O/c1-5-7(3)8(4,6-2)11(12)10-9/h7,10-11H,5-6,9H2,1-4H3/t7-,8?/m1/s1. The molecule has 4 N–H and O–H groups in total. The highest BCUT2D eigenvalue weighted by Crippen LogP contribution is 2.19. The molecule has 0 radical (unpaired) electrons. The fourth-order valence-corrected chi connectivity index (χ4v) is 1.35. The zero-order valence-corrected chi connectivity index (χ0v) is 8.48. The van der Waals surface area contributed by atoms with Crippen LogP contribution < -0.4 is 16.5 Å². The van der Waals surface area contributed by atoms with Crippen LogP contribution in [0.5, 0.6) is 0 Å². The summed E-state index contributed by atoms with van der Waals surface area (Å²) in [6, 6.07) is 0. The molecule has 0 fully saturated rings. The Morgan fingerprint density at radius 3 is 2.33 bits per heavy atom. The third-order valence-electron chi connectivity index (χ3n) is 3.08. The van der Waals surface area contributed by atoms with Gasteiger partial charge in [-0.1, -0.05) is 20.8 Å². The highest BCUT2D eigenvalue weighted by atomic mass is 16.6. The van der Waals surface area contributed by atoms with Crippen molar-refractivity contribution in [1.29, 1.82) is 0 Å².